The van der Waals surface area contributed by atoms with Crippen LogP contribution in [0.3, 0.4) is 0 Å². The molecule has 5 nitrogen and oxygen atoms in total. The summed E-state index contributed by atoms with van der Waals surface area (Å²) in [6, 6.07) is 9.30. The maximum atomic E-state index is 12.3. The molecule has 0 radical (unpaired) electrons. The van der Waals surface area contributed by atoms with E-state index in [0.717, 1.165) is 12.0 Å². The SMILES string of the molecule is CC1(C(=O)O)CCCN1C(=O)CSCc1ccc(C#N)cc1. The van der Waals surface area contributed by atoms with E-state index in [2.05, 4.69) is 6.07 Å². The highest BCUT2D eigenvalue weighted by atomic mass is 32.2. The number of thioether (sulfide) groups is 1. The molecule has 1 heterocycles. The van der Waals surface area contributed by atoms with Gasteiger partial charge in [-0.05, 0) is 37.5 Å². The predicted molar refractivity (Wildman–Crippen MR) is 84.3 cm³/mol. The molecule has 0 aromatic heterocycles. The van der Waals surface area contributed by atoms with Gasteiger partial charge in [-0.15, -0.1) is 11.8 Å². The summed E-state index contributed by atoms with van der Waals surface area (Å²) in [5.41, 5.74) is 0.588. The standard InChI is InChI=1S/C16H18N2O3S/c1-16(15(20)21)7-2-8-18(16)14(19)11-22-10-13-5-3-12(9-17)4-6-13/h3-6H,2,7-8,10-11H2,1H3,(H,20,21). The van der Waals surface area contributed by atoms with E-state index in [4.69, 9.17) is 5.26 Å². The lowest BCUT2D eigenvalue weighted by atomic mass is 9.99. The van der Waals surface area contributed by atoms with Gasteiger partial charge in [-0.1, -0.05) is 12.1 Å². The maximum Gasteiger partial charge on any atom is 0.329 e. The Morgan fingerprint density at radius 1 is 1.41 bits per heavy atom. The number of aliphatic carboxylic acids is 1. The zero-order chi connectivity index (χ0) is 16.2. The van der Waals surface area contributed by atoms with Crippen LogP contribution in [0.25, 0.3) is 0 Å². The Balaban J connectivity index is 1.87. The number of carboxylic acids is 1. The van der Waals surface area contributed by atoms with Crippen molar-refractivity contribution in [3.63, 3.8) is 0 Å². The average molecular weight is 318 g/mol. The number of nitrogens with zero attached hydrogens (tertiary/aromatic N) is 2. The first kappa shape index (κ1) is 16.4. The minimum Gasteiger partial charge on any atom is -0.480 e. The minimum absolute atomic E-state index is 0.124. The molecule has 0 bridgehead atoms. The topological polar surface area (TPSA) is 81.4 Å². The zero-order valence-corrected chi connectivity index (χ0v) is 13.2. The first-order valence-corrected chi connectivity index (χ1v) is 8.23. The van der Waals surface area contributed by atoms with E-state index in [1.54, 1.807) is 19.1 Å². The second kappa shape index (κ2) is 6.84. The van der Waals surface area contributed by atoms with E-state index in [1.165, 1.54) is 16.7 Å². The molecule has 0 spiro atoms. The Labute approximate surface area is 133 Å². The molecule has 1 saturated heterocycles. The van der Waals surface area contributed by atoms with Crippen LogP contribution in [0.2, 0.25) is 0 Å². The molecule has 22 heavy (non-hydrogen) atoms. The number of carbonyl (C=O) groups excluding carboxylic acids is 1. The molecule has 0 saturated carbocycles. The highest BCUT2D eigenvalue weighted by Gasteiger charge is 2.45. The van der Waals surface area contributed by atoms with Gasteiger partial charge in [-0.3, -0.25) is 4.79 Å². The van der Waals surface area contributed by atoms with Crippen LogP contribution in [0.5, 0.6) is 0 Å². The summed E-state index contributed by atoms with van der Waals surface area (Å²) in [4.78, 5) is 25.1. The minimum atomic E-state index is -1.06. The van der Waals surface area contributed by atoms with Gasteiger partial charge in [-0.2, -0.15) is 5.26 Å². The second-order valence-corrected chi connectivity index (χ2v) is 6.52. The van der Waals surface area contributed by atoms with Crippen molar-refractivity contribution < 1.29 is 14.7 Å². The molecular weight excluding hydrogens is 300 g/mol. The van der Waals surface area contributed by atoms with Crippen molar-refractivity contribution in [3.8, 4) is 6.07 Å². The van der Waals surface area contributed by atoms with Gasteiger partial charge in [0, 0.05) is 12.3 Å². The van der Waals surface area contributed by atoms with Gasteiger partial charge < -0.3 is 10.0 Å². The molecule has 116 valence electrons. The van der Waals surface area contributed by atoms with Crippen molar-refractivity contribution >= 4 is 23.6 Å². The van der Waals surface area contributed by atoms with Crippen molar-refractivity contribution in [1.82, 2.24) is 4.90 Å². The molecule has 1 aromatic rings. The molecule has 1 aromatic carbocycles. The first-order chi connectivity index (χ1) is 10.5. The highest BCUT2D eigenvalue weighted by molar-refractivity contribution is 7.99. The summed E-state index contributed by atoms with van der Waals surface area (Å²) < 4.78 is 0. The summed E-state index contributed by atoms with van der Waals surface area (Å²) in [6.07, 6.45) is 1.24. The van der Waals surface area contributed by atoms with Crippen LogP contribution in [0, 0.1) is 11.3 Å². The molecule has 1 atom stereocenters. The fourth-order valence-electron chi connectivity index (χ4n) is 2.60. The van der Waals surface area contributed by atoms with Gasteiger partial charge in [0.25, 0.3) is 0 Å². The van der Waals surface area contributed by atoms with E-state index in [9.17, 15) is 14.7 Å². The third-order valence-electron chi connectivity index (χ3n) is 3.98. The van der Waals surface area contributed by atoms with Gasteiger partial charge in [-0.25, -0.2) is 4.79 Å². The number of hydrogen-bond donors (Lipinski definition) is 1. The van der Waals surface area contributed by atoms with Crippen LogP contribution >= 0.6 is 11.8 Å². The molecule has 1 aliphatic rings. The third kappa shape index (κ3) is 3.42. The molecule has 1 unspecified atom stereocenters. The smallest absolute Gasteiger partial charge is 0.329 e. The maximum absolute atomic E-state index is 12.3. The largest absolute Gasteiger partial charge is 0.480 e. The number of carboxylic acid groups (broad SMARTS) is 1. The van der Waals surface area contributed by atoms with Gasteiger partial charge in [0.15, 0.2) is 0 Å². The van der Waals surface area contributed by atoms with E-state index >= 15 is 0 Å². The van der Waals surface area contributed by atoms with Gasteiger partial charge in [0.05, 0.1) is 17.4 Å². The zero-order valence-electron chi connectivity index (χ0n) is 12.4. The van der Waals surface area contributed by atoms with Crippen LogP contribution < -0.4 is 0 Å². The lowest BCUT2D eigenvalue weighted by molar-refractivity contribution is -0.154. The fraction of sp³-hybridized carbons (Fsp3) is 0.438. The Bertz CT molecular complexity index is 609. The molecular formula is C16H18N2O3S. The van der Waals surface area contributed by atoms with Crippen LogP contribution in [-0.2, 0) is 15.3 Å². The van der Waals surface area contributed by atoms with Gasteiger partial charge in [0.2, 0.25) is 5.91 Å². The molecule has 1 N–H and O–H groups in total. The summed E-state index contributed by atoms with van der Waals surface area (Å²) in [5.74, 6) is -0.130. The molecule has 0 aliphatic carbocycles. The van der Waals surface area contributed by atoms with Crippen molar-refractivity contribution in [2.45, 2.75) is 31.1 Å². The number of amides is 1. The molecule has 6 heteroatoms. The number of likely N-dealkylation sites (tertiary alicyclic amines) is 1. The van der Waals surface area contributed by atoms with Gasteiger partial charge in [0.1, 0.15) is 5.54 Å². The summed E-state index contributed by atoms with van der Waals surface area (Å²) >= 11 is 1.46. The lowest BCUT2D eigenvalue weighted by Crippen LogP contribution is -2.51. The van der Waals surface area contributed by atoms with E-state index in [-0.39, 0.29) is 11.7 Å². The van der Waals surface area contributed by atoms with E-state index < -0.39 is 11.5 Å². The summed E-state index contributed by atoms with van der Waals surface area (Å²) in [7, 11) is 0. The van der Waals surface area contributed by atoms with Crippen molar-refractivity contribution in [2.75, 3.05) is 12.3 Å². The van der Waals surface area contributed by atoms with Crippen LogP contribution in [0.4, 0.5) is 0 Å². The number of rotatable bonds is 5. The number of hydrogen-bond acceptors (Lipinski definition) is 4. The van der Waals surface area contributed by atoms with E-state index in [0.29, 0.717) is 24.3 Å². The average Bonchev–Trinajstić information content (AvgIpc) is 2.91. The Morgan fingerprint density at radius 2 is 2.09 bits per heavy atom. The molecule has 1 amide bonds. The van der Waals surface area contributed by atoms with Gasteiger partial charge >= 0.3 is 5.97 Å². The molecule has 2 rings (SSSR count). The van der Waals surface area contributed by atoms with Crippen molar-refractivity contribution in [2.24, 2.45) is 0 Å². The molecule has 1 aliphatic heterocycles. The second-order valence-electron chi connectivity index (χ2n) is 5.53. The number of carbonyl (C=O) groups is 2. The van der Waals surface area contributed by atoms with E-state index in [1.807, 2.05) is 12.1 Å². The van der Waals surface area contributed by atoms with Crippen LogP contribution in [0.15, 0.2) is 24.3 Å². The van der Waals surface area contributed by atoms with Crippen molar-refractivity contribution in [1.29, 1.82) is 5.26 Å². The Kier molecular flexibility index (Phi) is 5.09. The fourth-order valence-corrected chi connectivity index (χ4v) is 3.46. The third-order valence-corrected chi connectivity index (χ3v) is 4.97. The summed E-state index contributed by atoms with van der Waals surface area (Å²) in [6.45, 7) is 2.13. The summed E-state index contributed by atoms with van der Waals surface area (Å²) in [5, 5.41) is 18.1. The predicted octanol–water partition coefficient (Wildman–Crippen LogP) is 2.26. The highest BCUT2D eigenvalue weighted by Crippen LogP contribution is 2.30. The normalized spacial score (nSPS) is 20.6. The van der Waals surface area contributed by atoms with Crippen molar-refractivity contribution in [3.05, 3.63) is 35.4 Å². The van der Waals surface area contributed by atoms with Crippen LogP contribution in [-0.4, -0.2) is 39.7 Å². The monoisotopic (exact) mass is 318 g/mol. The quantitative estimate of drug-likeness (QED) is 0.900. The Hall–Kier alpha value is -2.00. The lowest BCUT2D eigenvalue weighted by Gasteiger charge is -2.31. The number of benzene rings is 1. The number of nitriles is 1. The Morgan fingerprint density at radius 3 is 2.68 bits per heavy atom. The molecule has 1 fully saturated rings. The first-order valence-electron chi connectivity index (χ1n) is 7.08. The van der Waals surface area contributed by atoms with Crippen LogP contribution in [0.1, 0.15) is 30.9 Å².